The number of guanidine groups is 1. The number of benzene rings is 2. The van der Waals surface area contributed by atoms with E-state index in [1.54, 1.807) is 48.5 Å². The van der Waals surface area contributed by atoms with Gasteiger partial charge in [0.25, 0.3) is 0 Å². The number of hydrogen-bond acceptors (Lipinski definition) is 4. The molecule has 0 saturated carbocycles. The third-order valence-corrected chi connectivity index (χ3v) is 3.08. The number of carbonyl (C=O) groups excluding carboxylic acids is 1. The minimum Gasteiger partial charge on any atom is -0.423 e. The van der Waals surface area contributed by atoms with Crippen LogP contribution in [0.25, 0.3) is 0 Å². The minimum absolute atomic E-state index is 0.115. The Morgan fingerprint density at radius 3 is 2.27 bits per heavy atom. The first-order chi connectivity index (χ1) is 10.5. The zero-order valence-electron chi connectivity index (χ0n) is 11.4. The third kappa shape index (κ3) is 4.71. The Labute approximate surface area is 135 Å². The van der Waals surface area contributed by atoms with Crippen LogP contribution in [0.4, 0.5) is 0 Å². The molecule has 2 rings (SSSR count). The van der Waals surface area contributed by atoms with Gasteiger partial charge in [0.1, 0.15) is 5.75 Å². The van der Waals surface area contributed by atoms with Gasteiger partial charge in [-0.05, 0) is 54.1 Å². The van der Waals surface area contributed by atoms with Crippen molar-refractivity contribution in [3.63, 3.8) is 0 Å². The van der Waals surface area contributed by atoms with Gasteiger partial charge in [-0.2, -0.15) is 5.10 Å². The predicted octanol–water partition coefficient (Wildman–Crippen LogP) is 2.28. The Kier molecular flexibility index (Phi) is 5.26. The topological polar surface area (TPSA) is 103 Å². The molecule has 0 aliphatic rings. The molecule has 22 heavy (non-hydrogen) atoms. The Morgan fingerprint density at radius 1 is 1.05 bits per heavy atom. The van der Waals surface area contributed by atoms with Gasteiger partial charge in [0.15, 0.2) is 0 Å². The van der Waals surface area contributed by atoms with Crippen LogP contribution in [0, 0.1) is 0 Å². The number of rotatable bonds is 4. The lowest BCUT2D eigenvalue weighted by atomic mass is 10.2. The maximum absolute atomic E-state index is 11.9. The summed E-state index contributed by atoms with van der Waals surface area (Å²) >= 11 is 3.31. The summed E-state index contributed by atoms with van der Waals surface area (Å²) in [4.78, 5) is 11.9. The van der Waals surface area contributed by atoms with E-state index in [4.69, 9.17) is 16.2 Å². The van der Waals surface area contributed by atoms with Crippen molar-refractivity contribution in [2.75, 3.05) is 0 Å². The molecule has 0 radical (unpaired) electrons. The molecular weight excluding hydrogens is 348 g/mol. The van der Waals surface area contributed by atoms with Gasteiger partial charge in [0.2, 0.25) is 5.96 Å². The van der Waals surface area contributed by atoms with Gasteiger partial charge >= 0.3 is 5.97 Å². The number of halogens is 1. The molecule has 0 amide bonds. The van der Waals surface area contributed by atoms with E-state index in [2.05, 4.69) is 26.1 Å². The maximum Gasteiger partial charge on any atom is 0.343 e. The quantitative estimate of drug-likeness (QED) is 0.287. The second-order valence-corrected chi connectivity index (χ2v) is 5.15. The van der Waals surface area contributed by atoms with E-state index in [-0.39, 0.29) is 5.96 Å². The van der Waals surface area contributed by atoms with Gasteiger partial charge < -0.3 is 16.2 Å². The molecule has 0 saturated heterocycles. The molecule has 112 valence electrons. The molecule has 0 aromatic heterocycles. The fraction of sp³-hybridized carbons (Fsp3) is 0. The van der Waals surface area contributed by atoms with Crippen LogP contribution in [-0.2, 0) is 0 Å². The van der Waals surface area contributed by atoms with Gasteiger partial charge in [-0.25, -0.2) is 4.79 Å². The van der Waals surface area contributed by atoms with E-state index < -0.39 is 5.97 Å². The van der Waals surface area contributed by atoms with Gasteiger partial charge in [0.05, 0.1) is 11.8 Å². The first-order valence-electron chi connectivity index (χ1n) is 6.24. The first kappa shape index (κ1) is 15.7. The summed E-state index contributed by atoms with van der Waals surface area (Å²) in [6, 6.07) is 13.7. The molecule has 2 aromatic carbocycles. The van der Waals surface area contributed by atoms with E-state index in [1.165, 1.54) is 6.21 Å². The van der Waals surface area contributed by atoms with Gasteiger partial charge in [-0.1, -0.05) is 15.9 Å². The highest BCUT2D eigenvalue weighted by atomic mass is 79.9. The molecule has 4 N–H and O–H groups in total. The molecule has 2 aromatic rings. The Morgan fingerprint density at radius 2 is 1.68 bits per heavy atom. The summed E-state index contributed by atoms with van der Waals surface area (Å²) in [5.74, 6) is -0.0994. The lowest BCUT2D eigenvalue weighted by molar-refractivity contribution is 0.0735. The largest absolute Gasteiger partial charge is 0.423 e. The summed E-state index contributed by atoms with van der Waals surface area (Å²) in [6.45, 7) is 0. The molecule has 0 spiro atoms. The van der Waals surface area contributed by atoms with Crippen LogP contribution in [-0.4, -0.2) is 18.1 Å². The monoisotopic (exact) mass is 360 g/mol. The van der Waals surface area contributed by atoms with Crippen molar-refractivity contribution in [2.45, 2.75) is 0 Å². The Hall–Kier alpha value is -2.67. The second-order valence-electron chi connectivity index (χ2n) is 4.23. The first-order valence-corrected chi connectivity index (χ1v) is 7.03. The van der Waals surface area contributed by atoms with E-state index in [0.717, 1.165) is 10.0 Å². The predicted molar refractivity (Wildman–Crippen MR) is 88.9 cm³/mol. The zero-order chi connectivity index (χ0) is 15.9. The van der Waals surface area contributed by atoms with Crippen molar-refractivity contribution in [3.8, 4) is 5.75 Å². The van der Waals surface area contributed by atoms with E-state index in [0.29, 0.717) is 11.3 Å². The van der Waals surface area contributed by atoms with E-state index in [1.807, 2.05) is 0 Å². The molecule has 7 heteroatoms. The standard InChI is InChI=1S/C15H13BrN4O2/c16-12-5-3-11(4-6-12)14(21)22-13-7-1-10(2-8-13)9-19-20-15(17)18/h1-9H,(H4,17,18,20)/b19-9+. The highest BCUT2D eigenvalue weighted by molar-refractivity contribution is 9.10. The SMILES string of the molecule is NC(N)=N/N=C/c1ccc(OC(=O)c2ccc(Br)cc2)cc1. The average Bonchev–Trinajstić information content (AvgIpc) is 2.49. The smallest absolute Gasteiger partial charge is 0.343 e. The van der Waals surface area contributed by atoms with Crippen molar-refractivity contribution in [1.82, 2.24) is 0 Å². The number of esters is 1. The van der Waals surface area contributed by atoms with Crippen molar-refractivity contribution in [2.24, 2.45) is 21.7 Å². The molecule has 0 aliphatic heterocycles. The van der Waals surface area contributed by atoms with Crippen molar-refractivity contribution in [1.29, 1.82) is 0 Å². The highest BCUT2D eigenvalue weighted by Gasteiger charge is 2.07. The molecule has 0 unspecified atom stereocenters. The highest BCUT2D eigenvalue weighted by Crippen LogP contribution is 2.15. The van der Waals surface area contributed by atoms with Gasteiger partial charge in [-0.15, -0.1) is 5.10 Å². The zero-order valence-corrected chi connectivity index (χ0v) is 13.0. The van der Waals surface area contributed by atoms with Crippen LogP contribution < -0.4 is 16.2 Å². The van der Waals surface area contributed by atoms with Crippen LogP contribution >= 0.6 is 15.9 Å². The fourth-order valence-electron chi connectivity index (χ4n) is 1.54. The summed E-state index contributed by atoms with van der Waals surface area (Å²) < 4.78 is 6.17. The number of ether oxygens (including phenoxy) is 1. The average molecular weight is 361 g/mol. The van der Waals surface area contributed by atoms with E-state index >= 15 is 0 Å². The third-order valence-electron chi connectivity index (χ3n) is 2.55. The van der Waals surface area contributed by atoms with Crippen LogP contribution in [0.15, 0.2) is 63.2 Å². The Balaban J connectivity index is 2.02. The van der Waals surface area contributed by atoms with Crippen LogP contribution in [0.1, 0.15) is 15.9 Å². The summed E-state index contributed by atoms with van der Waals surface area (Å²) in [5.41, 5.74) is 11.6. The number of carbonyl (C=O) groups is 1. The summed E-state index contributed by atoms with van der Waals surface area (Å²) in [6.07, 6.45) is 1.49. The molecule has 0 fully saturated rings. The normalized spacial score (nSPS) is 10.4. The van der Waals surface area contributed by atoms with Crippen LogP contribution in [0.2, 0.25) is 0 Å². The summed E-state index contributed by atoms with van der Waals surface area (Å²) in [7, 11) is 0. The Bertz CT molecular complexity index is 705. The van der Waals surface area contributed by atoms with Crippen LogP contribution in [0.3, 0.4) is 0 Å². The van der Waals surface area contributed by atoms with Crippen molar-refractivity contribution < 1.29 is 9.53 Å². The van der Waals surface area contributed by atoms with Crippen LogP contribution in [0.5, 0.6) is 5.75 Å². The minimum atomic E-state index is -0.422. The molecule has 0 aliphatic carbocycles. The molecule has 6 nitrogen and oxygen atoms in total. The molecular formula is C15H13BrN4O2. The second kappa shape index (κ2) is 7.37. The van der Waals surface area contributed by atoms with Gasteiger partial charge in [0, 0.05) is 4.47 Å². The lowest BCUT2D eigenvalue weighted by Gasteiger charge is -2.04. The molecule has 0 heterocycles. The van der Waals surface area contributed by atoms with Gasteiger partial charge in [-0.3, -0.25) is 0 Å². The summed E-state index contributed by atoms with van der Waals surface area (Å²) in [5, 5.41) is 7.18. The number of hydrogen-bond donors (Lipinski definition) is 2. The van der Waals surface area contributed by atoms with E-state index in [9.17, 15) is 4.79 Å². The van der Waals surface area contributed by atoms with Crippen molar-refractivity contribution in [3.05, 3.63) is 64.1 Å². The van der Waals surface area contributed by atoms with Crippen molar-refractivity contribution >= 4 is 34.1 Å². The number of nitrogens with two attached hydrogens (primary N) is 2. The maximum atomic E-state index is 11.9. The fourth-order valence-corrected chi connectivity index (χ4v) is 1.80. The molecule has 0 atom stereocenters. The lowest BCUT2D eigenvalue weighted by Crippen LogP contribution is -2.21. The number of nitrogens with zero attached hydrogens (tertiary/aromatic N) is 2. The molecule has 0 bridgehead atoms.